The van der Waals surface area contributed by atoms with Crippen molar-refractivity contribution >= 4 is 21.6 Å². The molecule has 0 bridgehead atoms. The Bertz CT molecular complexity index is 760. The van der Waals surface area contributed by atoms with E-state index in [9.17, 15) is 8.42 Å². The number of rotatable bonds is 7. The topological polar surface area (TPSA) is 67.4 Å². The third kappa shape index (κ3) is 6.08. The van der Waals surface area contributed by atoms with Crippen LogP contribution in [0.25, 0.3) is 0 Å². The molecule has 0 unspecified atom stereocenters. The van der Waals surface area contributed by atoms with Crippen molar-refractivity contribution in [1.29, 1.82) is 0 Å². The van der Waals surface area contributed by atoms with E-state index in [1.807, 2.05) is 6.92 Å². The van der Waals surface area contributed by atoms with Crippen LogP contribution in [0.1, 0.15) is 65.9 Å². The van der Waals surface area contributed by atoms with Crippen LogP contribution in [0.15, 0.2) is 17.0 Å². The fraction of sp³-hybridized carbons (Fsp3) is 0.700. The number of benzene rings is 1. The molecule has 0 aliphatic carbocycles. The third-order valence-corrected chi connectivity index (χ3v) is 6.73. The van der Waals surface area contributed by atoms with Crippen LogP contribution in [0, 0.1) is 6.92 Å². The highest BCUT2D eigenvalue weighted by Crippen LogP contribution is 2.33. The van der Waals surface area contributed by atoms with E-state index in [1.165, 1.54) is 6.07 Å². The molecule has 0 saturated carbocycles. The van der Waals surface area contributed by atoms with Gasteiger partial charge in [0.15, 0.2) is 0 Å². The Morgan fingerprint density at radius 3 is 2.37 bits per heavy atom. The first kappa shape index (κ1) is 22.5. The van der Waals surface area contributed by atoms with Gasteiger partial charge in [-0.2, -0.15) is 0 Å². The van der Waals surface area contributed by atoms with Crippen molar-refractivity contribution in [2.24, 2.45) is 0 Å². The molecule has 0 amide bonds. The smallest absolute Gasteiger partial charge is 0.244 e. The standard InChI is InChI=1S/C20H33ClN2O3S/c1-7-8-9-26-17-10-14(2)16(21)11-18(17)27(24,25)22-15-12-19(3,4)23-20(5,6)13-15/h10-11,15,22-23H,7-9,12-13H2,1-6H3. The lowest BCUT2D eigenvalue weighted by molar-refractivity contribution is 0.157. The van der Waals surface area contributed by atoms with Gasteiger partial charge in [0.05, 0.1) is 6.61 Å². The molecule has 1 aliphatic heterocycles. The van der Waals surface area contributed by atoms with Gasteiger partial charge in [-0.25, -0.2) is 13.1 Å². The molecular weight excluding hydrogens is 384 g/mol. The number of halogens is 1. The fourth-order valence-electron chi connectivity index (χ4n) is 3.97. The zero-order valence-corrected chi connectivity index (χ0v) is 18.9. The summed E-state index contributed by atoms with van der Waals surface area (Å²) in [6.07, 6.45) is 3.26. The lowest BCUT2D eigenvalue weighted by Gasteiger charge is -2.46. The summed E-state index contributed by atoms with van der Waals surface area (Å²) < 4.78 is 35.0. The Balaban J connectivity index is 2.31. The average molecular weight is 417 g/mol. The molecule has 0 radical (unpaired) electrons. The van der Waals surface area contributed by atoms with Crippen molar-refractivity contribution in [3.63, 3.8) is 0 Å². The molecule has 2 rings (SSSR count). The summed E-state index contributed by atoms with van der Waals surface area (Å²) in [7, 11) is -3.75. The summed E-state index contributed by atoms with van der Waals surface area (Å²) in [6, 6.07) is 3.05. The number of aryl methyl sites for hydroxylation is 1. The molecule has 2 N–H and O–H groups in total. The minimum absolute atomic E-state index is 0.114. The number of nitrogens with one attached hydrogen (secondary N) is 2. The molecule has 1 aromatic carbocycles. The van der Waals surface area contributed by atoms with E-state index in [0.29, 0.717) is 30.2 Å². The van der Waals surface area contributed by atoms with Gasteiger partial charge in [0, 0.05) is 22.1 Å². The molecule has 1 aromatic rings. The highest BCUT2D eigenvalue weighted by molar-refractivity contribution is 7.89. The number of hydrogen-bond acceptors (Lipinski definition) is 4. The van der Waals surface area contributed by atoms with Crippen LogP contribution in [0.2, 0.25) is 5.02 Å². The molecular formula is C20H33ClN2O3S. The van der Waals surface area contributed by atoms with E-state index >= 15 is 0 Å². The van der Waals surface area contributed by atoms with Crippen LogP contribution >= 0.6 is 11.6 Å². The van der Waals surface area contributed by atoms with Gasteiger partial charge in [-0.3, -0.25) is 0 Å². The van der Waals surface area contributed by atoms with Crippen LogP contribution in [0.4, 0.5) is 0 Å². The predicted octanol–water partition coefficient (Wildman–Crippen LogP) is 4.41. The minimum Gasteiger partial charge on any atom is -0.492 e. The second-order valence-electron chi connectivity index (χ2n) is 8.87. The largest absolute Gasteiger partial charge is 0.492 e. The van der Waals surface area contributed by atoms with Crippen molar-refractivity contribution in [2.45, 2.75) is 89.2 Å². The Hall–Kier alpha value is -0.820. The molecule has 0 atom stereocenters. The maximum Gasteiger partial charge on any atom is 0.244 e. The van der Waals surface area contributed by atoms with Crippen LogP contribution in [0.3, 0.4) is 0 Å². The highest BCUT2D eigenvalue weighted by atomic mass is 35.5. The monoisotopic (exact) mass is 416 g/mol. The molecule has 154 valence electrons. The lowest BCUT2D eigenvalue weighted by Crippen LogP contribution is -2.62. The minimum atomic E-state index is -3.75. The van der Waals surface area contributed by atoms with Crippen molar-refractivity contribution in [3.05, 3.63) is 22.7 Å². The molecule has 27 heavy (non-hydrogen) atoms. The maximum absolute atomic E-state index is 13.2. The first-order valence-corrected chi connectivity index (χ1v) is 11.5. The van der Waals surface area contributed by atoms with Crippen molar-refractivity contribution in [1.82, 2.24) is 10.0 Å². The van der Waals surface area contributed by atoms with Gasteiger partial charge in [-0.1, -0.05) is 24.9 Å². The molecule has 0 spiro atoms. The van der Waals surface area contributed by atoms with Gasteiger partial charge in [-0.15, -0.1) is 0 Å². The van der Waals surface area contributed by atoms with Gasteiger partial charge in [0.2, 0.25) is 10.0 Å². The van der Waals surface area contributed by atoms with Crippen LogP contribution in [-0.2, 0) is 10.0 Å². The van der Waals surface area contributed by atoms with Crippen LogP contribution in [0.5, 0.6) is 5.75 Å². The lowest BCUT2D eigenvalue weighted by atomic mass is 9.80. The number of sulfonamides is 1. The predicted molar refractivity (Wildman–Crippen MR) is 111 cm³/mol. The maximum atomic E-state index is 13.2. The van der Waals surface area contributed by atoms with Crippen LogP contribution in [-0.4, -0.2) is 32.1 Å². The quantitative estimate of drug-likeness (QED) is 0.646. The van der Waals surface area contributed by atoms with E-state index in [1.54, 1.807) is 6.07 Å². The second kappa shape index (κ2) is 8.27. The van der Waals surface area contributed by atoms with Gasteiger partial charge in [0.25, 0.3) is 0 Å². The second-order valence-corrected chi connectivity index (χ2v) is 11.0. The third-order valence-electron chi connectivity index (χ3n) is 4.78. The first-order valence-electron chi connectivity index (χ1n) is 9.60. The summed E-state index contributed by atoms with van der Waals surface area (Å²) >= 11 is 6.23. The molecule has 7 heteroatoms. The Morgan fingerprint density at radius 1 is 1.22 bits per heavy atom. The number of hydrogen-bond donors (Lipinski definition) is 2. The summed E-state index contributed by atoms with van der Waals surface area (Å²) in [4.78, 5) is 0.114. The summed E-state index contributed by atoms with van der Waals surface area (Å²) in [5.41, 5.74) is 0.493. The number of ether oxygens (including phenoxy) is 1. The van der Waals surface area contributed by atoms with Gasteiger partial charge < -0.3 is 10.1 Å². The molecule has 1 heterocycles. The molecule has 5 nitrogen and oxygen atoms in total. The Kier molecular flexibility index (Phi) is 6.89. The molecule has 1 fully saturated rings. The number of piperidine rings is 1. The van der Waals surface area contributed by atoms with Crippen molar-refractivity contribution < 1.29 is 13.2 Å². The van der Waals surface area contributed by atoms with E-state index in [4.69, 9.17) is 16.3 Å². The van der Waals surface area contributed by atoms with Gasteiger partial charge >= 0.3 is 0 Å². The van der Waals surface area contributed by atoms with E-state index in [2.05, 4.69) is 44.7 Å². The molecule has 0 aromatic heterocycles. The summed E-state index contributed by atoms with van der Waals surface area (Å²) in [6.45, 7) is 12.8. The fourth-order valence-corrected chi connectivity index (χ4v) is 5.59. The van der Waals surface area contributed by atoms with E-state index in [0.717, 1.165) is 18.4 Å². The summed E-state index contributed by atoms with van der Waals surface area (Å²) in [5.74, 6) is 0.366. The van der Waals surface area contributed by atoms with Crippen LogP contribution < -0.4 is 14.8 Å². The summed E-state index contributed by atoms with van der Waals surface area (Å²) in [5, 5.41) is 3.99. The Morgan fingerprint density at radius 2 is 1.81 bits per heavy atom. The average Bonchev–Trinajstić information content (AvgIpc) is 2.46. The van der Waals surface area contributed by atoms with Crippen molar-refractivity contribution in [3.8, 4) is 5.75 Å². The zero-order valence-electron chi connectivity index (χ0n) is 17.3. The number of unbranched alkanes of at least 4 members (excludes halogenated alkanes) is 1. The SMILES string of the molecule is CCCCOc1cc(C)c(Cl)cc1S(=O)(=O)NC1CC(C)(C)NC(C)(C)C1. The van der Waals surface area contributed by atoms with E-state index in [-0.39, 0.29) is 22.0 Å². The van der Waals surface area contributed by atoms with E-state index < -0.39 is 10.0 Å². The zero-order chi connectivity index (χ0) is 20.5. The van der Waals surface area contributed by atoms with Gasteiger partial charge in [-0.05, 0) is 71.6 Å². The Labute approximate surface area is 169 Å². The van der Waals surface area contributed by atoms with Gasteiger partial charge in [0.1, 0.15) is 10.6 Å². The molecule has 1 aliphatic rings. The first-order chi connectivity index (χ1) is 12.4. The highest BCUT2D eigenvalue weighted by Gasteiger charge is 2.39. The van der Waals surface area contributed by atoms with Crippen molar-refractivity contribution in [2.75, 3.05) is 6.61 Å². The normalized spacial score (nSPS) is 19.8. The molecule has 1 saturated heterocycles.